The van der Waals surface area contributed by atoms with Gasteiger partial charge in [-0.1, -0.05) is 6.07 Å². The molecule has 0 aliphatic heterocycles. The molecule has 2 rings (SSSR count). The first kappa shape index (κ1) is 13.1. The minimum Gasteiger partial charge on any atom is -0.493 e. The Balaban J connectivity index is 2.33. The van der Waals surface area contributed by atoms with Gasteiger partial charge in [0, 0.05) is 11.8 Å². The minimum absolute atomic E-state index is 0.199. The summed E-state index contributed by atoms with van der Waals surface area (Å²) in [6.07, 6.45) is 0. The zero-order valence-corrected chi connectivity index (χ0v) is 10.5. The standard InChI is InChI=1S/C14H13F2NO2/c1-18-12-7-6-9(8-13(12)19-2)17-14-10(15)4-3-5-11(14)16/h3-8,17H,1-2H3. The first-order chi connectivity index (χ1) is 9.15. The smallest absolute Gasteiger partial charge is 0.162 e. The first-order valence-electron chi connectivity index (χ1n) is 5.58. The van der Waals surface area contributed by atoms with Gasteiger partial charge in [-0.05, 0) is 24.3 Å². The number of methoxy groups -OCH3 is 2. The van der Waals surface area contributed by atoms with Crippen LogP contribution >= 0.6 is 0 Å². The number of halogens is 2. The van der Waals surface area contributed by atoms with Crippen LogP contribution in [0.5, 0.6) is 11.5 Å². The van der Waals surface area contributed by atoms with Gasteiger partial charge in [-0.2, -0.15) is 0 Å². The molecule has 2 aromatic rings. The summed E-state index contributed by atoms with van der Waals surface area (Å²) in [6, 6.07) is 8.58. The van der Waals surface area contributed by atoms with Crippen LogP contribution in [0.15, 0.2) is 36.4 Å². The van der Waals surface area contributed by atoms with Crippen LogP contribution in [-0.4, -0.2) is 14.2 Å². The van der Waals surface area contributed by atoms with Gasteiger partial charge in [0.1, 0.15) is 17.3 Å². The predicted molar refractivity (Wildman–Crippen MR) is 69.2 cm³/mol. The zero-order valence-electron chi connectivity index (χ0n) is 10.5. The maximum atomic E-state index is 13.5. The number of para-hydroxylation sites is 1. The molecule has 0 bridgehead atoms. The average Bonchev–Trinajstić information content (AvgIpc) is 2.42. The van der Waals surface area contributed by atoms with Gasteiger partial charge in [-0.25, -0.2) is 8.78 Å². The SMILES string of the molecule is COc1ccc(Nc2c(F)cccc2F)cc1OC. The van der Waals surface area contributed by atoms with Gasteiger partial charge >= 0.3 is 0 Å². The van der Waals surface area contributed by atoms with Crippen LogP contribution in [0.4, 0.5) is 20.2 Å². The zero-order chi connectivity index (χ0) is 13.8. The van der Waals surface area contributed by atoms with Crippen LogP contribution in [0.2, 0.25) is 0 Å². The molecule has 5 heteroatoms. The third-order valence-electron chi connectivity index (χ3n) is 2.62. The molecule has 0 heterocycles. The van der Waals surface area contributed by atoms with E-state index in [4.69, 9.17) is 9.47 Å². The molecule has 0 aromatic heterocycles. The second-order valence-corrected chi connectivity index (χ2v) is 3.79. The van der Waals surface area contributed by atoms with Crippen molar-refractivity contribution >= 4 is 11.4 Å². The van der Waals surface area contributed by atoms with Gasteiger partial charge in [0.2, 0.25) is 0 Å². The van der Waals surface area contributed by atoms with Crippen LogP contribution in [0.1, 0.15) is 0 Å². The van der Waals surface area contributed by atoms with Crippen LogP contribution < -0.4 is 14.8 Å². The Morgan fingerprint density at radius 3 is 2.11 bits per heavy atom. The van der Waals surface area contributed by atoms with Gasteiger partial charge in [0.25, 0.3) is 0 Å². The highest BCUT2D eigenvalue weighted by Gasteiger charge is 2.10. The van der Waals surface area contributed by atoms with E-state index in [1.807, 2.05) is 0 Å². The van der Waals surface area contributed by atoms with Gasteiger partial charge in [0.05, 0.1) is 14.2 Å². The molecule has 0 saturated heterocycles. The van der Waals surface area contributed by atoms with E-state index in [0.717, 1.165) is 0 Å². The maximum Gasteiger partial charge on any atom is 0.162 e. The van der Waals surface area contributed by atoms with Crippen molar-refractivity contribution in [3.05, 3.63) is 48.0 Å². The summed E-state index contributed by atoms with van der Waals surface area (Å²) in [7, 11) is 3.01. The average molecular weight is 265 g/mol. The number of rotatable bonds is 4. The second kappa shape index (κ2) is 5.56. The van der Waals surface area contributed by atoms with Crippen LogP contribution in [0.25, 0.3) is 0 Å². The lowest BCUT2D eigenvalue weighted by molar-refractivity contribution is 0.355. The number of nitrogens with one attached hydrogen (secondary N) is 1. The van der Waals surface area contributed by atoms with Crippen molar-refractivity contribution in [2.24, 2.45) is 0 Å². The lowest BCUT2D eigenvalue weighted by Gasteiger charge is -2.12. The van der Waals surface area contributed by atoms with Crippen molar-refractivity contribution in [1.82, 2.24) is 0 Å². The minimum atomic E-state index is -0.658. The third-order valence-corrected chi connectivity index (χ3v) is 2.62. The molecule has 0 fully saturated rings. The summed E-state index contributed by atoms with van der Waals surface area (Å²) in [5, 5.41) is 2.68. The lowest BCUT2D eigenvalue weighted by atomic mass is 10.2. The van der Waals surface area contributed by atoms with Crippen LogP contribution in [0.3, 0.4) is 0 Å². The molecule has 1 N–H and O–H groups in total. The maximum absolute atomic E-state index is 13.5. The normalized spacial score (nSPS) is 10.1. The van der Waals surface area contributed by atoms with Gasteiger partial charge in [-0.3, -0.25) is 0 Å². The summed E-state index contributed by atoms with van der Waals surface area (Å²) in [5.74, 6) is -0.295. The molecule has 0 aliphatic carbocycles. The van der Waals surface area contributed by atoms with Crippen molar-refractivity contribution in [3.8, 4) is 11.5 Å². The van der Waals surface area contributed by atoms with E-state index in [9.17, 15) is 8.78 Å². The molecule has 100 valence electrons. The molecule has 0 atom stereocenters. The molecule has 0 amide bonds. The number of benzene rings is 2. The number of anilines is 2. The Bertz CT molecular complexity index is 567. The van der Waals surface area contributed by atoms with Crippen molar-refractivity contribution in [3.63, 3.8) is 0 Å². The summed E-state index contributed by atoms with van der Waals surface area (Å²) in [6.45, 7) is 0. The van der Waals surface area contributed by atoms with Crippen LogP contribution in [0, 0.1) is 11.6 Å². The molecule has 2 aromatic carbocycles. The highest BCUT2D eigenvalue weighted by Crippen LogP contribution is 2.32. The van der Waals surface area contributed by atoms with E-state index in [1.165, 1.54) is 32.4 Å². The Labute approximate surface area is 109 Å². The fraction of sp³-hybridized carbons (Fsp3) is 0.143. The molecule has 0 saturated carbocycles. The molecule has 0 aliphatic rings. The molecule has 0 spiro atoms. The molecule has 19 heavy (non-hydrogen) atoms. The predicted octanol–water partition coefficient (Wildman–Crippen LogP) is 3.73. The molecule has 0 radical (unpaired) electrons. The Morgan fingerprint density at radius 1 is 0.895 bits per heavy atom. The van der Waals surface area contributed by atoms with Crippen molar-refractivity contribution in [2.75, 3.05) is 19.5 Å². The molecular weight excluding hydrogens is 252 g/mol. The topological polar surface area (TPSA) is 30.5 Å². The van der Waals surface area contributed by atoms with Gasteiger partial charge in [-0.15, -0.1) is 0 Å². The van der Waals surface area contributed by atoms with Gasteiger partial charge in [0.15, 0.2) is 11.5 Å². The van der Waals surface area contributed by atoms with Crippen molar-refractivity contribution in [1.29, 1.82) is 0 Å². The van der Waals surface area contributed by atoms with E-state index >= 15 is 0 Å². The van der Waals surface area contributed by atoms with Gasteiger partial charge < -0.3 is 14.8 Å². The van der Waals surface area contributed by atoms with E-state index in [-0.39, 0.29) is 5.69 Å². The fourth-order valence-electron chi connectivity index (χ4n) is 1.68. The molecule has 3 nitrogen and oxygen atoms in total. The van der Waals surface area contributed by atoms with Crippen molar-refractivity contribution in [2.45, 2.75) is 0 Å². The monoisotopic (exact) mass is 265 g/mol. The summed E-state index contributed by atoms with van der Waals surface area (Å²) < 4.78 is 37.2. The largest absolute Gasteiger partial charge is 0.493 e. The van der Waals surface area contributed by atoms with Crippen molar-refractivity contribution < 1.29 is 18.3 Å². The van der Waals surface area contributed by atoms with E-state index in [1.54, 1.807) is 18.2 Å². The lowest BCUT2D eigenvalue weighted by Crippen LogP contribution is -1.98. The fourth-order valence-corrected chi connectivity index (χ4v) is 1.68. The number of ether oxygens (including phenoxy) is 2. The summed E-state index contributed by atoms with van der Waals surface area (Å²) in [5.41, 5.74) is 0.302. The Kier molecular flexibility index (Phi) is 3.85. The quantitative estimate of drug-likeness (QED) is 0.913. The number of hydrogen-bond acceptors (Lipinski definition) is 3. The van der Waals surface area contributed by atoms with E-state index < -0.39 is 11.6 Å². The third kappa shape index (κ3) is 2.76. The Hall–Kier alpha value is -2.30. The molecule has 0 unspecified atom stereocenters. The highest BCUT2D eigenvalue weighted by atomic mass is 19.1. The second-order valence-electron chi connectivity index (χ2n) is 3.79. The molecular formula is C14H13F2NO2. The summed E-state index contributed by atoms with van der Waals surface area (Å²) in [4.78, 5) is 0. The number of hydrogen-bond donors (Lipinski definition) is 1. The van der Waals surface area contributed by atoms with Crippen LogP contribution in [-0.2, 0) is 0 Å². The Morgan fingerprint density at radius 2 is 1.53 bits per heavy atom. The van der Waals surface area contributed by atoms with E-state index in [2.05, 4.69) is 5.32 Å². The first-order valence-corrected chi connectivity index (χ1v) is 5.58. The summed E-state index contributed by atoms with van der Waals surface area (Å²) >= 11 is 0. The highest BCUT2D eigenvalue weighted by molar-refractivity contribution is 5.64. The van der Waals surface area contributed by atoms with E-state index in [0.29, 0.717) is 17.2 Å².